The zero-order valence-corrected chi connectivity index (χ0v) is 13.0. The number of ether oxygens (including phenoxy) is 2. The number of halogens is 1. The molecule has 5 nitrogen and oxygen atoms in total. The molecular formula is C14H14ClNO4S. The first-order chi connectivity index (χ1) is 9.97. The molecule has 0 aliphatic rings. The van der Waals surface area contributed by atoms with Crippen LogP contribution in [0.1, 0.15) is 0 Å². The fourth-order valence-corrected chi connectivity index (χ4v) is 3.36. The van der Waals surface area contributed by atoms with Gasteiger partial charge in [0.15, 0.2) is 0 Å². The number of anilines is 1. The number of benzene rings is 2. The van der Waals surface area contributed by atoms with Crippen molar-refractivity contribution in [2.24, 2.45) is 0 Å². The standard InChI is InChI=1S/C14H14ClNO4S/c1-19-10-7-8-14(11(15)9-10)21(17,18)16-12-5-3-4-6-13(12)20-2/h3-9,16H,1-2H3. The van der Waals surface area contributed by atoms with Gasteiger partial charge < -0.3 is 9.47 Å². The largest absolute Gasteiger partial charge is 0.497 e. The first-order valence-electron chi connectivity index (χ1n) is 5.97. The van der Waals surface area contributed by atoms with Gasteiger partial charge in [0.1, 0.15) is 16.4 Å². The minimum atomic E-state index is -3.82. The van der Waals surface area contributed by atoms with E-state index in [1.807, 2.05) is 0 Å². The predicted octanol–water partition coefficient (Wildman–Crippen LogP) is 3.16. The van der Waals surface area contributed by atoms with Gasteiger partial charge in [0.25, 0.3) is 10.0 Å². The number of rotatable bonds is 5. The molecule has 0 aromatic heterocycles. The van der Waals surface area contributed by atoms with E-state index < -0.39 is 10.0 Å². The first-order valence-corrected chi connectivity index (χ1v) is 7.83. The van der Waals surface area contributed by atoms with Gasteiger partial charge in [0.2, 0.25) is 0 Å². The molecule has 0 fully saturated rings. The zero-order chi connectivity index (χ0) is 15.5. The molecule has 0 spiro atoms. The second-order valence-corrected chi connectivity index (χ2v) is 6.16. The van der Waals surface area contributed by atoms with Crippen LogP contribution in [0.5, 0.6) is 11.5 Å². The summed E-state index contributed by atoms with van der Waals surface area (Å²) in [7, 11) is -0.874. The lowest BCUT2D eigenvalue weighted by molar-refractivity contribution is 0.414. The van der Waals surface area contributed by atoms with Gasteiger partial charge in [-0.25, -0.2) is 8.42 Å². The predicted molar refractivity (Wildman–Crippen MR) is 81.8 cm³/mol. The summed E-state index contributed by atoms with van der Waals surface area (Å²) in [4.78, 5) is -0.0316. The quantitative estimate of drug-likeness (QED) is 0.916. The molecule has 2 aromatic rings. The van der Waals surface area contributed by atoms with Crippen molar-refractivity contribution in [3.05, 3.63) is 47.5 Å². The van der Waals surface area contributed by atoms with Crippen molar-refractivity contribution in [3.63, 3.8) is 0 Å². The number of sulfonamides is 1. The van der Waals surface area contributed by atoms with Crippen LogP contribution in [-0.4, -0.2) is 22.6 Å². The van der Waals surface area contributed by atoms with Crippen molar-refractivity contribution >= 4 is 27.3 Å². The topological polar surface area (TPSA) is 64.6 Å². The van der Waals surface area contributed by atoms with E-state index in [-0.39, 0.29) is 9.92 Å². The van der Waals surface area contributed by atoms with Crippen LogP contribution in [0.3, 0.4) is 0 Å². The van der Waals surface area contributed by atoms with Gasteiger partial charge in [0, 0.05) is 6.07 Å². The van der Waals surface area contributed by atoms with Crippen LogP contribution in [-0.2, 0) is 10.0 Å². The molecule has 0 saturated carbocycles. The van der Waals surface area contributed by atoms with E-state index in [1.54, 1.807) is 24.3 Å². The minimum absolute atomic E-state index is 0.0316. The summed E-state index contributed by atoms with van der Waals surface area (Å²) in [5.41, 5.74) is 0.340. The summed E-state index contributed by atoms with van der Waals surface area (Å²) >= 11 is 6.00. The maximum atomic E-state index is 12.4. The smallest absolute Gasteiger partial charge is 0.263 e. The van der Waals surface area contributed by atoms with Crippen molar-refractivity contribution < 1.29 is 17.9 Å². The number of nitrogens with one attached hydrogen (secondary N) is 1. The van der Waals surface area contributed by atoms with Crippen molar-refractivity contribution in [1.29, 1.82) is 0 Å². The first kappa shape index (κ1) is 15.5. The zero-order valence-electron chi connectivity index (χ0n) is 11.5. The highest BCUT2D eigenvalue weighted by Crippen LogP contribution is 2.30. The normalized spacial score (nSPS) is 11.0. The highest BCUT2D eigenvalue weighted by atomic mass is 35.5. The third-order valence-corrected chi connectivity index (χ3v) is 4.63. The van der Waals surface area contributed by atoms with Crippen LogP contribution in [0.15, 0.2) is 47.4 Å². The van der Waals surface area contributed by atoms with Gasteiger partial charge in [-0.15, -0.1) is 0 Å². The lowest BCUT2D eigenvalue weighted by Crippen LogP contribution is -2.14. The molecule has 0 radical (unpaired) electrons. The third kappa shape index (κ3) is 3.40. The molecule has 0 bridgehead atoms. The second-order valence-electron chi connectivity index (χ2n) is 4.10. The molecule has 2 rings (SSSR count). The van der Waals surface area contributed by atoms with Gasteiger partial charge in [-0.2, -0.15) is 0 Å². The van der Waals surface area contributed by atoms with E-state index in [0.29, 0.717) is 17.2 Å². The van der Waals surface area contributed by atoms with E-state index >= 15 is 0 Å². The van der Waals surface area contributed by atoms with Gasteiger partial charge in [-0.1, -0.05) is 23.7 Å². The SMILES string of the molecule is COc1ccc(S(=O)(=O)Nc2ccccc2OC)c(Cl)c1. The van der Waals surface area contributed by atoms with Crippen molar-refractivity contribution in [3.8, 4) is 11.5 Å². The van der Waals surface area contributed by atoms with Crippen LogP contribution in [0.4, 0.5) is 5.69 Å². The van der Waals surface area contributed by atoms with Crippen LogP contribution < -0.4 is 14.2 Å². The average molecular weight is 328 g/mol. The van der Waals surface area contributed by atoms with Gasteiger partial charge in [-0.05, 0) is 24.3 Å². The van der Waals surface area contributed by atoms with Crippen LogP contribution in [0, 0.1) is 0 Å². The van der Waals surface area contributed by atoms with Crippen molar-refractivity contribution in [1.82, 2.24) is 0 Å². The molecule has 0 atom stereocenters. The summed E-state index contributed by atoms with van der Waals surface area (Å²) in [5.74, 6) is 0.905. The summed E-state index contributed by atoms with van der Waals surface area (Å²) in [6, 6.07) is 11.1. The maximum absolute atomic E-state index is 12.4. The van der Waals surface area contributed by atoms with Crippen LogP contribution in [0.2, 0.25) is 5.02 Å². The second kappa shape index (κ2) is 6.24. The molecule has 0 aliphatic heterocycles. The van der Waals surface area contributed by atoms with E-state index in [9.17, 15) is 8.42 Å². The Morgan fingerprint density at radius 3 is 2.38 bits per heavy atom. The monoisotopic (exact) mass is 327 g/mol. The summed E-state index contributed by atoms with van der Waals surface area (Å²) in [6.45, 7) is 0. The molecule has 0 saturated heterocycles. The van der Waals surface area contributed by atoms with E-state index in [2.05, 4.69) is 4.72 Å². The number of para-hydroxylation sites is 2. The highest BCUT2D eigenvalue weighted by molar-refractivity contribution is 7.92. The van der Waals surface area contributed by atoms with Gasteiger partial charge in [-0.3, -0.25) is 4.72 Å². The Bertz CT molecular complexity index is 746. The van der Waals surface area contributed by atoms with Crippen LogP contribution in [0.25, 0.3) is 0 Å². The number of hydrogen-bond acceptors (Lipinski definition) is 4. The van der Waals surface area contributed by atoms with Crippen LogP contribution >= 0.6 is 11.6 Å². The maximum Gasteiger partial charge on any atom is 0.263 e. The molecule has 21 heavy (non-hydrogen) atoms. The van der Waals surface area contributed by atoms with Gasteiger partial charge >= 0.3 is 0 Å². The highest BCUT2D eigenvalue weighted by Gasteiger charge is 2.20. The minimum Gasteiger partial charge on any atom is -0.497 e. The molecule has 0 amide bonds. The Morgan fingerprint density at radius 1 is 1.05 bits per heavy atom. The lowest BCUT2D eigenvalue weighted by Gasteiger charge is -2.13. The molecule has 7 heteroatoms. The molecule has 1 N–H and O–H groups in total. The Kier molecular flexibility index (Phi) is 4.59. The molecular weight excluding hydrogens is 314 g/mol. The van der Waals surface area contributed by atoms with Crippen molar-refractivity contribution in [2.45, 2.75) is 4.90 Å². The summed E-state index contributed by atoms with van der Waals surface area (Å²) < 4.78 is 37.4. The Labute approximate surface area is 128 Å². The van der Waals surface area contributed by atoms with Crippen molar-refractivity contribution in [2.75, 3.05) is 18.9 Å². The fraction of sp³-hybridized carbons (Fsp3) is 0.143. The Morgan fingerprint density at radius 2 is 1.76 bits per heavy atom. The Hall–Kier alpha value is -1.92. The third-order valence-electron chi connectivity index (χ3n) is 2.78. The summed E-state index contributed by atoms with van der Waals surface area (Å²) in [6.07, 6.45) is 0. The molecule has 2 aromatic carbocycles. The average Bonchev–Trinajstić information content (AvgIpc) is 2.47. The molecule has 0 aliphatic carbocycles. The van der Waals surface area contributed by atoms with E-state index in [0.717, 1.165) is 0 Å². The molecule has 112 valence electrons. The number of hydrogen-bond donors (Lipinski definition) is 1. The summed E-state index contributed by atoms with van der Waals surface area (Å²) in [5, 5.41) is 0.0803. The number of methoxy groups -OCH3 is 2. The molecule has 0 heterocycles. The molecule has 0 unspecified atom stereocenters. The van der Waals surface area contributed by atoms with E-state index in [1.165, 1.54) is 32.4 Å². The fourth-order valence-electron chi connectivity index (χ4n) is 1.76. The Balaban J connectivity index is 2.39. The van der Waals surface area contributed by atoms with Gasteiger partial charge in [0.05, 0.1) is 24.9 Å². The van der Waals surface area contributed by atoms with E-state index in [4.69, 9.17) is 21.1 Å². The lowest BCUT2D eigenvalue weighted by atomic mass is 10.3.